The number of β-amino-alcohol motifs (C(OH)–C–C–N with tert-alkyl or cyclic N) is 1. The molecule has 0 saturated carbocycles. The number of aliphatic hydroxyl groups is 1. The molecule has 4 rings (SSSR count). The van der Waals surface area contributed by atoms with E-state index in [1.807, 2.05) is 0 Å². The fourth-order valence-corrected chi connectivity index (χ4v) is 5.34. The molecule has 31 heavy (non-hydrogen) atoms. The van der Waals surface area contributed by atoms with Crippen LogP contribution in [-0.2, 0) is 25.0 Å². The number of amides is 1. The normalized spacial score (nSPS) is 16.6. The fraction of sp³-hybridized carbons (Fsp3) is 0.444. The number of aryl methyl sites for hydroxylation is 2. The summed E-state index contributed by atoms with van der Waals surface area (Å²) in [7, 11) is 1.37. The molecule has 0 bridgehead atoms. The Kier molecular flexibility index (Phi) is 5.73. The van der Waals surface area contributed by atoms with Gasteiger partial charge in [0.15, 0.2) is 5.15 Å². The third-order valence-electron chi connectivity index (χ3n) is 5.16. The highest BCUT2D eigenvalue weighted by molar-refractivity contribution is 7.19. The Hall–Kier alpha value is -2.18. The third kappa shape index (κ3) is 3.50. The highest BCUT2D eigenvalue weighted by Crippen LogP contribution is 2.33. The molecule has 1 saturated heterocycles. The van der Waals surface area contributed by atoms with Crippen LogP contribution in [0.15, 0.2) is 9.59 Å². The highest BCUT2D eigenvalue weighted by atomic mass is 35.5. The van der Waals surface area contributed by atoms with Crippen molar-refractivity contribution in [3.05, 3.63) is 47.4 Å². The summed E-state index contributed by atoms with van der Waals surface area (Å²) in [5.41, 5.74) is -0.946. The zero-order valence-electron chi connectivity index (χ0n) is 16.9. The van der Waals surface area contributed by atoms with Gasteiger partial charge in [0.25, 0.3) is 11.5 Å². The molecule has 0 radical (unpaired) electrons. The Morgan fingerprint density at radius 1 is 1.32 bits per heavy atom. The first-order chi connectivity index (χ1) is 14.6. The minimum Gasteiger partial charge on any atom is -0.389 e. The Morgan fingerprint density at radius 3 is 2.58 bits per heavy atom. The number of nitrogens with zero attached hydrogens (tertiary/aromatic N) is 5. The summed E-state index contributed by atoms with van der Waals surface area (Å²) in [6.07, 6.45) is -0.821. The molecule has 0 spiro atoms. The number of imidazole rings is 1. The van der Waals surface area contributed by atoms with E-state index in [2.05, 4.69) is 4.98 Å². The van der Waals surface area contributed by atoms with Crippen molar-refractivity contribution in [2.75, 3.05) is 13.2 Å². The predicted molar refractivity (Wildman–Crippen MR) is 116 cm³/mol. The average Bonchev–Trinajstić information content (AvgIpc) is 3.39. The predicted octanol–water partition coefficient (Wildman–Crippen LogP) is 1.39. The van der Waals surface area contributed by atoms with E-state index in [0.29, 0.717) is 22.1 Å². The van der Waals surface area contributed by atoms with Crippen molar-refractivity contribution < 1.29 is 14.7 Å². The van der Waals surface area contributed by atoms with Crippen molar-refractivity contribution >= 4 is 50.7 Å². The number of rotatable bonds is 4. The van der Waals surface area contributed by atoms with Crippen LogP contribution in [0.2, 0.25) is 10.3 Å². The first-order valence-corrected chi connectivity index (χ1v) is 11.0. The molecule has 13 heteroatoms. The number of aromatic nitrogens is 4. The number of carbonyl (C=O) groups excluding carboxylic acids is 1. The summed E-state index contributed by atoms with van der Waals surface area (Å²) < 4.78 is 4.03. The van der Waals surface area contributed by atoms with Crippen molar-refractivity contribution in [2.24, 2.45) is 7.05 Å². The maximum Gasteiger partial charge on any atom is 0.331 e. The van der Waals surface area contributed by atoms with E-state index in [4.69, 9.17) is 28.0 Å². The van der Waals surface area contributed by atoms with Gasteiger partial charge in [-0.2, -0.15) is 0 Å². The quantitative estimate of drug-likeness (QED) is 0.594. The summed E-state index contributed by atoms with van der Waals surface area (Å²) in [5.74, 6) is -0.0457. The molecular formula is C18H19Cl2N5O5S. The standard InChI is InChI=1S/C18H19Cl2N5O5S/c1-4-23-17-12(15(27)22(3)18(23)29)11(16(28)25-5-9(26)7-30-25)10(31-17)6-24-8(2)21-13(19)14(24)20/h9,26H,4-7H2,1-3H3/t9-/m0/s1. The maximum absolute atomic E-state index is 13.4. The van der Waals surface area contributed by atoms with E-state index in [9.17, 15) is 19.5 Å². The number of fused-ring (bicyclic) bond motifs is 1. The molecule has 1 aliphatic heterocycles. The minimum absolute atomic E-state index is 0.0249. The van der Waals surface area contributed by atoms with Gasteiger partial charge in [-0.15, -0.1) is 11.3 Å². The van der Waals surface area contributed by atoms with E-state index in [1.54, 1.807) is 18.4 Å². The van der Waals surface area contributed by atoms with Crippen molar-refractivity contribution in [3.63, 3.8) is 0 Å². The van der Waals surface area contributed by atoms with Gasteiger partial charge in [-0.1, -0.05) is 23.2 Å². The molecule has 166 valence electrons. The average molecular weight is 488 g/mol. The molecule has 1 amide bonds. The lowest BCUT2D eigenvalue weighted by Gasteiger charge is -2.15. The van der Waals surface area contributed by atoms with Crippen LogP contribution in [0.5, 0.6) is 0 Å². The second kappa shape index (κ2) is 8.06. The van der Waals surface area contributed by atoms with E-state index in [1.165, 1.54) is 11.6 Å². The Bertz CT molecular complexity index is 1320. The number of aliphatic hydroxyl groups excluding tert-OH is 1. The number of hydroxylamine groups is 2. The van der Waals surface area contributed by atoms with Gasteiger partial charge in [-0.25, -0.2) is 14.8 Å². The SMILES string of the molecule is CCn1c(=O)n(C)c(=O)c2c(C(=O)N3C[C@H](O)CO3)c(Cn3c(C)nc(Cl)c3Cl)sc21. The minimum atomic E-state index is -0.821. The lowest BCUT2D eigenvalue weighted by atomic mass is 10.1. The molecule has 1 N–H and O–H groups in total. The van der Waals surface area contributed by atoms with Gasteiger partial charge in [0.2, 0.25) is 0 Å². The first kappa shape index (κ1) is 22.0. The molecule has 3 aromatic heterocycles. The number of hydrogen-bond acceptors (Lipinski definition) is 7. The second-order valence-corrected chi connectivity index (χ2v) is 8.91. The zero-order chi connectivity index (χ0) is 22.6. The van der Waals surface area contributed by atoms with Gasteiger partial charge in [-0.3, -0.25) is 23.6 Å². The van der Waals surface area contributed by atoms with Gasteiger partial charge in [-0.05, 0) is 13.8 Å². The Labute approximate surface area is 189 Å². The Balaban J connectivity index is 2.00. The first-order valence-electron chi connectivity index (χ1n) is 9.41. The van der Waals surface area contributed by atoms with Gasteiger partial charge in [0.1, 0.15) is 28.5 Å². The monoisotopic (exact) mass is 487 g/mol. The van der Waals surface area contributed by atoms with Crippen LogP contribution in [-0.4, -0.2) is 54.0 Å². The van der Waals surface area contributed by atoms with Crippen LogP contribution in [0.1, 0.15) is 28.0 Å². The van der Waals surface area contributed by atoms with Crippen molar-refractivity contribution in [3.8, 4) is 0 Å². The summed E-state index contributed by atoms with van der Waals surface area (Å²) in [4.78, 5) is 49.4. The fourth-order valence-electron chi connectivity index (χ4n) is 3.56. The lowest BCUT2D eigenvalue weighted by molar-refractivity contribution is -0.0778. The highest BCUT2D eigenvalue weighted by Gasteiger charge is 2.33. The van der Waals surface area contributed by atoms with Crippen LogP contribution < -0.4 is 11.2 Å². The van der Waals surface area contributed by atoms with Crippen LogP contribution in [0, 0.1) is 6.92 Å². The van der Waals surface area contributed by atoms with Crippen LogP contribution in [0.3, 0.4) is 0 Å². The number of carbonyl (C=O) groups is 1. The molecule has 3 aromatic rings. The number of thiophene rings is 1. The third-order valence-corrected chi connectivity index (χ3v) is 7.10. The summed E-state index contributed by atoms with van der Waals surface area (Å²) >= 11 is 13.5. The van der Waals surface area contributed by atoms with Crippen LogP contribution in [0.25, 0.3) is 10.2 Å². The largest absolute Gasteiger partial charge is 0.389 e. The Morgan fingerprint density at radius 2 is 2.03 bits per heavy atom. The summed E-state index contributed by atoms with van der Waals surface area (Å²) in [5, 5.41) is 11.3. The molecule has 1 aliphatic rings. The topological polar surface area (TPSA) is 112 Å². The van der Waals surface area contributed by atoms with Gasteiger partial charge in [0.05, 0.1) is 24.0 Å². The second-order valence-electron chi connectivity index (χ2n) is 7.11. The van der Waals surface area contributed by atoms with Crippen molar-refractivity contribution in [1.29, 1.82) is 0 Å². The number of hydrogen-bond donors (Lipinski definition) is 1. The van der Waals surface area contributed by atoms with E-state index in [0.717, 1.165) is 21.0 Å². The van der Waals surface area contributed by atoms with Gasteiger partial charge in [0, 0.05) is 18.5 Å². The molecule has 1 atom stereocenters. The van der Waals surface area contributed by atoms with E-state index >= 15 is 0 Å². The van der Waals surface area contributed by atoms with Crippen LogP contribution in [0.4, 0.5) is 0 Å². The van der Waals surface area contributed by atoms with Crippen molar-refractivity contribution in [1.82, 2.24) is 23.7 Å². The molecule has 0 unspecified atom stereocenters. The molecule has 4 heterocycles. The maximum atomic E-state index is 13.4. The molecule has 0 aliphatic carbocycles. The number of halogens is 2. The van der Waals surface area contributed by atoms with Crippen molar-refractivity contribution in [2.45, 2.75) is 33.0 Å². The van der Waals surface area contributed by atoms with E-state index < -0.39 is 23.3 Å². The van der Waals surface area contributed by atoms with Gasteiger partial charge >= 0.3 is 5.69 Å². The molecule has 1 fully saturated rings. The molecule has 10 nitrogen and oxygen atoms in total. The molecule has 0 aromatic carbocycles. The summed E-state index contributed by atoms with van der Waals surface area (Å²) in [6.45, 7) is 3.87. The van der Waals surface area contributed by atoms with E-state index in [-0.39, 0.29) is 41.0 Å². The smallest absolute Gasteiger partial charge is 0.331 e. The van der Waals surface area contributed by atoms with Gasteiger partial charge < -0.3 is 9.67 Å². The van der Waals surface area contributed by atoms with Crippen LogP contribution >= 0.6 is 34.5 Å². The lowest BCUT2D eigenvalue weighted by Crippen LogP contribution is -2.38. The summed E-state index contributed by atoms with van der Waals surface area (Å²) in [6, 6.07) is 0. The zero-order valence-corrected chi connectivity index (χ0v) is 19.2. The molecular weight excluding hydrogens is 469 g/mol.